The molecular formula is C11H16N4OS2. The van der Waals surface area contributed by atoms with E-state index in [4.69, 9.17) is 4.42 Å². The molecule has 0 amide bonds. The molecule has 0 aliphatic carbocycles. The number of nitrogens with zero attached hydrogens (tertiary/aromatic N) is 3. The molecule has 2 aromatic heterocycles. The Morgan fingerprint density at radius 2 is 2.33 bits per heavy atom. The van der Waals surface area contributed by atoms with Crippen LogP contribution in [0.15, 0.2) is 27.3 Å². The largest absolute Gasteiger partial charge is 0.472 e. The summed E-state index contributed by atoms with van der Waals surface area (Å²) in [5, 5.41) is 12.5. The molecule has 5 nitrogen and oxygen atoms in total. The van der Waals surface area contributed by atoms with Crippen LogP contribution in [-0.4, -0.2) is 36.6 Å². The third kappa shape index (κ3) is 4.01. The maximum absolute atomic E-state index is 5.00. The van der Waals surface area contributed by atoms with E-state index < -0.39 is 0 Å². The third-order valence-electron chi connectivity index (χ3n) is 2.19. The molecule has 0 radical (unpaired) electrons. The third-order valence-corrected chi connectivity index (χ3v) is 4.42. The molecule has 2 aromatic rings. The van der Waals surface area contributed by atoms with Crippen molar-refractivity contribution in [3.05, 3.63) is 24.2 Å². The lowest BCUT2D eigenvalue weighted by Crippen LogP contribution is -2.15. The number of furan rings is 1. The molecule has 2 heterocycles. The van der Waals surface area contributed by atoms with Crippen LogP contribution in [0.3, 0.4) is 0 Å². The normalized spacial score (nSPS) is 10.8. The van der Waals surface area contributed by atoms with Gasteiger partial charge in [0.1, 0.15) is 0 Å². The van der Waals surface area contributed by atoms with Crippen LogP contribution in [-0.2, 0) is 6.54 Å². The fraction of sp³-hybridized carbons (Fsp3) is 0.455. The Morgan fingerprint density at radius 1 is 1.44 bits per heavy atom. The summed E-state index contributed by atoms with van der Waals surface area (Å²) in [5.41, 5.74) is 1.17. The number of nitrogens with one attached hydrogen (secondary N) is 1. The monoisotopic (exact) mass is 284 g/mol. The van der Waals surface area contributed by atoms with E-state index in [1.54, 1.807) is 35.6 Å². The lowest BCUT2D eigenvalue weighted by atomic mass is 10.3. The molecule has 1 N–H and O–H groups in total. The Kier molecular flexibility index (Phi) is 5.03. The quantitative estimate of drug-likeness (QED) is 0.620. The Morgan fingerprint density at radius 3 is 3.00 bits per heavy atom. The smallest absolute Gasteiger partial charge is 0.208 e. The molecule has 0 atom stereocenters. The zero-order valence-electron chi connectivity index (χ0n) is 10.4. The lowest BCUT2D eigenvalue weighted by Gasteiger charge is -2.03. The predicted octanol–water partition coefficient (Wildman–Crippen LogP) is 2.08. The Bertz CT molecular complexity index is 455. The van der Waals surface area contributed by atoms with Gasteiger partial charge in [-0.05, 0) is 6.07 Å². The van der Waals surface area contributed by atoms with Crippen molar-refractivity contribution in [2.75, 3.05) is 31.3 Å². The van der Waals surface area contributed by atoms with Crippen LogP contribution in [0.2, 0.25) is 0 Å². The minimum absolute atomic E-state index is 0.843. The van der Waals surface area contributed by atoms with Gasteiger partial charge in [0.05, 0.1) is 12.5 Å². The summed E-state index contributed by atoms with van der Waals surface area (Å²) < 4.78 is 6.02. The predicted molar refractivity (Wildman–Crippen MR) is 75.4 cm³/mol. The van der Waals surface area contributed by atoms with Crippen LogP contribution >= 0.6 is 23.1 Å². The molecule has 18 heavy (non-hydrogen) atoms. The summed E-state index contributed by atoms with van der Waals surface area (Å²) in [6, 6.07) is 1.97. The molecule has 0 aromatic carbocycles. The average Bonchev–Trinajstić information content (AvgIpc) is 2.98. The van der Waals surface area contributed by atoms with E-state index in [1.165, 1.54) is 5.56 Å². The lowest BCUT2D eigenvalue weighted by molar-refractivity contribution is 0.561. The van der Waals surface area contributed by atoms with Gasteiger partial charge in [-0.1, -0.05) is 23.1 Å². The molecular weight excluding hydrogens is 268 g/mol. The van der Waals surface area contributed by atoms with Crippen molar-refractivity contribution in [3.8, 4) is 0 Å². The topological polar surface area (TPSA) is 54.2 Å². The standard InChI is InChI=1S/C11H16N4OS2/c1-15(2)10-13-14-11(18-10)17-6-4-12-7-9-3-5-16-8-9/h3,5,8,12H,4,6-7H2,1-2H3. The van der Waals surface area contributed by atoms with E-state index in [9.17, 15) is 0 Å². The van der Waals surface area contributed by atoms with Crippen molar-refractivity contribution in [2.24, 2.45) is 0 Å². The second-order valence-corrected chi connectivity index (χ2v) is 6.20. The molecule has 0 spiro atoms. The molecule has 0 saturated heterocycles. The Balaban J connectivity index is 1.62. The second-order valence-electron chi connectivity index (χ2n) is 3.90. The van der Waals surface area contributed by atoms with Crippen LogP contribution in [0.1, 0.15) is 5.56 Å². The summed E-state index contributed by atoms with van der Waals surface area (Å²) >= 11 is 3.35. The number of hydrogen-bond donors (Lipinski definition) is 1. The van der Waals surface area contributed by atoms with Gasteiger partial charge in [0, 0.05) is 38.5 Å². The van der Waals surface area contributed by atoms with Crippen LogP contribution in [0.25, 0.3) is 0 Å². The first-order valence-corrected chi connectivity index (χ1v) is 7.41. The van der Waals surface area contributed by atoms with Gasteiger partial charge in [0.15, 0.2) is 4.34 Å². The van der Waals surface area contributed by atoms with Crippen molar-refractivity contribution in [3.63, 3.8) is 0 Å². The van der Waals surface area contributed by atoms with Crippen LogP contribution in [0.4, 0.5) is 5.13 Å². The van der Waals surface area contributed by atoms with Gasteiger partial charge in [-0.2, -0.15) is 0 Å². The van der Waals surface area contributed by atoms with Crippen molar-refractivity contribution < 1.29 is 4.42 Å². The highest BCUT2D eigenvalue weighted by molar-refractivity contribution is 8.01. The van der Waals surface area contributed by atoms with Crippen LogP contribution < -0.4 is 10.2 Å². The summed E-state index contributed by atoms with van der Waals surface area (Å²) in [5.74, 6) is 0.986. The van der Waals surface area contributed by atoms with Gasteiger partial charge in [0.2, 0.25) is 5.13 Å². The van der Waals surface area contributed by atoms with Gasteiger partial charge < -0.3 is 14.6 Å². The van der Waals surface area contributed by atoms with E-state index in [0.29, 0.717) is 0 Å². The summed E-state index contributed by atoms with van der Waals surface area (Å²) in [7, 11) is 3.95. The first kappa shape index (κ1) is 13.4. The molecule has 0 aliphatic heterocycles. The van der Waals surface area contributed by atoms with Crippen molar-refractivity contribution in [2.45, 2.75) is 10.9 Å². The van der Waals surface area contributed by atoms with Crippen molar-refractivity contribution in [1.29, 1.82) is 0 Å². The number of rotatable bonds is 7. The molecule has 0 unspecified atom stereocenters. The fourth-order valence-corrected chi connectivity index (χ4v) is 3.01. The first-order valence-electron chi connectivity index (χ1n) is 5.61. The van der Waals surface area contributed by atoms with Crippen molar-refractivity contribution in [1.82, 2.24) is 15.5 Å². The minimum Gasteiger partial charge on any atom is -0.472 e. The second kappa shape index (κ2) is 6.77. The van der Waals surface area contributed by atoms with Crippen molar-refractivity contribution >= 4 is 28.2 Å². The number of thioether (sulfide) groups is 1. The molecule has 98 valence electrons. The summed E-state index contributed by atoms with van der Waals surface area (Å²) in [6.07, 6.45) is 3.45. The average molecular weight is 284 g/mol. The molecule has 0 fully saturated rings. The number of anilines is 1. The SMILES string of the molecule is CN(C)c1nnc(SCCNCc2ccoc2)s1. The van der Waals surface area contributed by atoms with Gasteiger partial charge in [-0.25, -0.2) is 0 Å². The zero-order valence-corrected chi connectivity index (χ0v) is 12.1. The van der Waals surface area contributed by atoms with Gasteiger partial charge in [0.25, 0.3) is 0 Å². The highest BCUT2D eigenvalue weighted by atomic mass is 32.2. The van der Waals surface area contributed by atoms with Gasteiger partial charge >= 0.3 is 0 Å². The van der Waals surface area contributed by atoms with Crippen LogP contribution in [0, 0.1) is 0 Å². The zero-order chi connectivity index (χ0) is 12.8. The molecule has 0 bridgehead atoms. The molecule has 0 saturated carbocycles. The van der Waals surface area contributed by atoms with E-state index in [-0.39, 0.29) is 0 Å². The Labute approximate surface area is 115 Å². The van der Waals surface area contributed by atoms with Gasteiger partial charge in [-0.15, -0.1) is 10.2 Å². The van der Waals surface area contributed by atoms with E-state index >= 15 is 0 Å². The van der Waals surface area contributed by atoms with E-state index in [1.807, 2.05) is 25.1 Å². The van der Waals surface area contributed by atoms with Crippen LogP contribution in [0.5, 0.6) is 0 Å². The number of hydrogen-bond acceptors (Lipinski definition) is 7. The maximum atomic E-state index is 5.00. The van der Waals surface area contributed by atoms with E-state index in [0.717, 1.165) is 28.3 Å². The maximum Gasteiger partial charge on any atom is 0.208 e. The summed E-state index contributed by atoms with van der Waals surface area (Å²) in [4.78, 5) is 1.97. The fourth-order valence-electron chi connectivity index (χ4n) is 1.28. The van der Waals surface area contributed by atoms with E-state index in [2.05, 4.69) is 15.5 Å². The Hall–Kier alpha value is -1.05. The molecule has 0 aliphatic rings. The van der Waals surface area contributed by atoms with Gasteiger partial charge in [-0.3, -0.25) is 0 Å². The number of aromatic nitrogens is 2. The highest BCUT2D eigenvalue weighted by Crippen LogP contribution is 2.26. The minimum atomic E-state index is 0.843. The highest BCUT2D eigenvalue weighted by Gasteiger charge is 2.05. The first-order chi connectivity index (χ1) is 8.75. The molecule has 7 heteroatoms. The molecule has 2 rings (SSSR count). The summed E-state index contributed by atoms with van der Waals surface area (Å²) in [6.45, 7) is 1.78.